The topological polar surface area (TPSA) is 23.6 Å². The van der Waals surface area contributed by atoms with Crippen LogP contribution in [0.1, 0.15) is 36.5 Å². The molecule has 1 aromatic carbocycles. The van der Waals surface area contributed by atoms with Crippen molar-refractivity contribution >= 4 is 11.5 Å². The number of hydrogen-bond donors (Lipinski definition) is 0. The number of halogens is 1. The van der Waals surface area contributed by atoms with Crippen LogP contribution in [0.25, 0.3) is 0 Å². The second-order valence-electron chi connectivity index (χ2n) is 5.82. The average Bonchev–Trinajstić information content (AvgIpc) is 3.09. The van der Waals surface area contributed by atoms with Gasteiger partial charge in [-0.05, 0) is 51.4 Å². The van der Waals surface area contributed by atoms with Gasteiger partial charge in [-0.25, -0.2) is 4.39 Å². The van der Waals surface area contributed by atoms with Crippen LogP contribution in [-0.4, -0.2) is 42.9 Å². The Morgan fingerprint density at radius 2 is 2.00 bits per heavy atom. The molecule has 0 aromatic heterocycles. The highest BCUT2D eigenvalue weighted by atomic mass is 19.1. The molecule has 2 aliphatic rings. The summed E-state index contributed by atoms with van der Waals surface area (Å²) in [7, 11) is 0. The molecule has 0 saturated carbocycles. The summed E-state index contributed by atoms with van der Waals surface area (Å²) in [4.78, 5) is 16.3. The van der Waals surface area contributed by atoms with Crippen LogP contribution in [0.15, 0.2) is 18.2 Å². The minimum Gasteiger partial charge on any atom is -0.367 e. The molecular weight excluding hydrogens is 255 g/mol. The molecule has 3 rings (SSSR count). The Bertz CT molecular complexity index is 511. The average molecular weight is 276 g/mol. The van der Waals surface area contributed by atoms with Crippen LogP contribution in [0, 0.1) is 5.82 Å². The van der Waals surface area contributed by atoms with Gasteiger partial charge in [-0.2, -0.15) is 0 Å². The van der Waals surface area contributed by atoms with Gasteiger partial charge in [-0.3, -0.25) is 9.69 Å². The van der Waals surface area contributed by atoms with Gasteiger partial charge >= 0.3 is 0 Å². The smallest absolute Gasteiger partial charge is 0.161 e. The maximum Gasteiger partial charge on any atom is 0.161 e. The second kappa shape index (κ2) is 5.52. The quantitative estimate of drug-likeness (QED) is 0.793. The van der Waals surface area contributed by atoms with Crippen molar-refractivity contribution in [3.8, 4) is 0 Å². The minimum absolute atomic E-state index is 0.0656. The Labute approximate surface area is 119 Å². The van der Waals surface area contributed by atoms with E-state index >= 15 is 0 Å². The lowest BCUT2D eigenvalue weighted by Gasteiger charge is -2.25. The lowest BCUT2D eigenvalue weighted by atomic mass is 10.1. The zero-order chi connectivity index (χ0) is 14.1. The van der Waals surface area contributed by atoms with Gasteiger partial charge in [0, 0.05) is 24.7 Å². The summed E-state index contributed by atoms with van der Waals surface area (Å²) in [6.07, 6.45) is 3.61. The number of nitrogens with zero attached hydrogens (tertiary/aromatic N) is 2. The molecule has 2 fully saturated rings. The van der Waals surface area contributed by atoms with Gasteiger partial charge < -0.3 is 4.90 Å². The molecule has 0 spiro atoms. The number of carbonyl (C=O) groups is 1. The van der Waals surface area contributed by atoms with E-state index in [2.05, 4.69) is 9.80 Å². The molecule has 0 amide bonds. The summed E-state index contributed by atoms with van der Waals surface area (Å²) in [6, 6.07) is 5.30. The standard InChI is InChI=1S/C16H21FN2O/c1-12(20)14-5-4-6-15(17)16(14)19-10-7-13(11-19)18-8-2-3-9-18/h4-6,13H,2-3,7-11H2,1H3. The SMILES string of the molecule is CC(=O)c1cccc(F)c1N1CCC(N2CCCC2)C1. The molecule has 1 aromatic rings. The molecule has 0 aliphatic carbocycles. The number of likely N-dealkylation sites (tertiary alicyclic amines) is 1. The highest BCUT2D eigenvalue weighted by Crippen LogP contribution is 2.30. The van der Waals surface area contributed by atoms with Crippen LogP contribution in [0.5, 0.6) is 0 Å². The molecule has 20 heavy (non-hydrogen) atoms. The molecule has 0 N–H and O–H groups in total. The summed E-state index contributed by atoms with van der Waals surface area (Å²) >= 11 is 0. The number of carbonyl (C=O) groups excluding carboxylic acids is 1. The molecular formula is C16H21FN2O. The monoisotopic (exact) mass is 276 g/mol. The summed E-state index contributed by atoms with van der Waals surface area (Å²) in [6.45, 7) is 5.50. The van der Waals surface area contributed by atoms with Crippen LogP contribution in [0.4, 0.5) is 10.1 Å². The van der Waals surface area contributed by atoms with E-state index in [1.807, 2.05) is 0 Å². The van der Waals surface area contributed by atoms with Crippen LogP contribution in [-0.2, 0) is 0 Å². The van der Waals surface area contributed by atoms with Crippen molar-refractivity contribution < 1.29 is 9.18 Å². The van der Waals surface area contributed by atoms with Crippen molar-refractivity contribution in [2.75, 3.05) is 31.1 Å². The Balaban J connectivity index is 1.82. The van der Waals surface area contributed by atoms with Gasteiger partial charge in [0.2, 0.25) is 0 Å². The van der Waals surface area contributed by atoms with Crippen LogP contribution >= 0.6 is 0 Å². The summed E-state index contributed by atoms with van der Waals surface area (Å²) in [5.41, 5.74) is 1.01. The minimum atomic E-state index is -0.278. The first-order valence-electron chi connectivity index (χ1n) is 7.45. The van der Waals surface area contributed by atoms with E-state index in [0.717, 1.165) is 32.6 Å². The summed E-state index contributed by atoms with van der Waals surface area (Å²) in [5, 5.41) is 0. The van der Waals surface area contributed by atoms with E-state index in [1.165, 1.54) is 25.8 Å². The predicted octanol–water partition coefficient (Wildman–Crippen LogP) is 2.70. The zero-order valence-electron chi connectivity index (χ0n) is 11.9. The first-order chi connectivity index (χ1) is 9.66. The molecule has 0 bridgehead atoms. The number of anilines is 1. The third-order valence-electron chi connectivity index (χ3n) is 4.50. The maximum atomic E-state index is 14.2. The van der Waals surface area contributed by atoms with Gasteiger partial charge in [-0.15, -0.1) is 0 Å². The van der Waals surface area contributed by atoms with Crippen molar-refractivity contribution in [3.05, 3.63) is 29.6 Å². The Hall–Kier alpha value is -1.42. The first-order valence-corrected chi connectivity index (χ1v) is 7.45. The van der Waals surface area contributed by atoms with Crippen molar-refractivity contribution in [1.82, 2.24) is 4.90 Å². The van der Waals surface area contributed by atoms with Gasteiger partial charge in [0.15, 0.2) is 5.78 Å². The first kappa shape index (κ1) is 13.6. The van der Waals surface area contributed by atoms with E-state index in [4.69, 9.17) is 0 Å². The van der Waals surface area contributed by atoms with Crippen molar-refractivity contribution in [2.24, 2.45) is 0 Å². The van der Waals surface area contributed by atoms with E-state index in [0.29, 0.717) is 17.3 Å². The van der Waals surface area contributed by atoms with Gasteiger partial charge in [0.1, 0.15) is 5.82 Å². The third kappa shape index (κ3) is 2.44. The number of para-hydroxylation sites is 1. The highest BCUT2D eigenvalue weighted by molar-refractivity contribution is 5.99. The predicted molar refractivity (Wildman–Crippen MR) is 77.8 cm³/mol. The molecule has 4 heteroatoms. The van der Waals surface area contributed by atoms with Gasteiger partial charge in [0.05, 0.1) is 5.69 Å². The van der Waals surface area contributed by atoms with Gasteiger partial charge in [0.25, 0.3) is 0 Å². The fraction of sp³-hybridized carbons (Fsp3) is 0.562. The normalized spacial score (nSPS) is 23.5. The van der Waals surface area contributed by atoms with Crippen molar-refractivity contribution in [2.45, 2.75) is 32.2 Å². The second-order valence-corrected chi connectivity index (χ2v) is 5.82. The number of benzene rings is 1. The molecule has 0 radical (unpaired) electrons. The summed E-state index contributed by atoms with van der Waals surface area (Å²) in [5.74, 6) is -0.344. The lowest BCUT2D eigenvalue weighted by molar-refractivity contribution is 0.101. The Morgan fingerprint density at radius 3 is 2.70 bits per heavy atom. The van der Waals surface area contributed by atoms with Gasteiger partial charge in [-0.1, -0.05) is 6.07 Å². The maximum absolute atomic E-state index is 14.2. The number of rotatable bonds is 3. The molecule has 1 atom stereocenters. The van der Waals surface area contributed by atoms with Crippen LogP contribution in [0.3, 0.4) is 0 Å². The molecule has 2 saturated heterocycles. The van der Waals surface area contributed by atoms with E-state index in [1.54, 1.807) is 12.1 Å². The fourth-order valence-electron chi connectivity index (χ4n) is 3.47. The third-order valence-corrected chi connectivity index (χ3v) is 4.50. The molecule has 108 valence electrons. The van der Waals surface area contributed by atoms with Crippen molar-refractivity contribution in [1.29, 1.82) is 0 Å². The van der Waals surface area contributed by atoms with Crippen LogP contribution in [0.2, 0.25) is 0 Å². The molecule has 1 unspecified atom stereocenters. The van der Waals surface area contributed by atoms with E-state index in [-0.39, 0.29) is 11.6 Å². The summed E-state index contributed by atoms with van der Waals surface area (Å²) < 4.78 is 14.2. The van der Waals surface area contributed by atoms with Crippen LogP contribution < -0.4 is 4.90 Å². The number of hydrogen-bond acceptors (Lipinski definition) is 3. The largest absolute Gasteiger partial charge is 0.367 e. The molecule has 2 aliphatic heterocycles. The van der Waals surface area contributed by atoms with E-state index in [9.17, 15) is 9.18 Å². The lowest BCUT2D eigenvalue weighted by Crippen LogP contribution is -2.35. The molecule has 3 nitrogen and oxygen atoms in total. The fourth-order valence-corrected chi connectivity index (χ4v) is 3.47. The highest BCUT2D eigenvalue weighted by Gasteiger charge is 2.31. The zero-order valence-corrected chi connectivity index (χ0v) is 11.9. The van der Waals surface area contributed by atoms with E-state index < -0.39 is 0 Å². The molecule has 2 heterocycles. The number of ketones is 1. The van der Waals surface area contributed by atoms with Crippen molar-refractivity contribution in [3.63, 3.8) is 0 Å². The number of Topliss-reactive ketones (excluding diaryl/α,β-unsaturated/α-hetero) is 1. The Morgan fingerprint density at radius 1 is 1.25 bits per heavy atom. The Kier molecular flexibility index (Phi) is 3.74.